The average Bonchev–Trinajstić information content (AvgIpc) is 3.15. The zero-order chi connectivity index (χ0) is 22.5. The van der Waals surface area contributed by atoms with Crippen molar-refractivity contribution in [3.8, 4) is 17.2 Å². The summed E-state index contributed by atoms with van der Waals surface area (Å²) in [5.41, 5.74) is 0.508. The number of benzene rings is 1. The Morgan fingerprint density at radius 1 is 1.07 bits per heavy atom. The number of ether oxygens (including phenoxy) is 3. The summed E-state index contributed by atoms with van der Waals surface area (Å²) < 4.78 is 16.4. The minimum absolute atomic E-state index is 0.0540. The van der Waals surface area contributed by atoms with Crippen LogP contribution in [-0.2, 0) is 4.79 Å². The summed E-state index contributed by atoms with van der Waals surface area (Å²) in [6.45, 7) is 9.18. The van der Waals surface area contributed by atoms with Crippen LogP contribution >= 0.6 is 0 Å². The van der Waals surface area contributed by atoms with E-state index in [2.05, 4.69) is 10.6 Å². The largest absolute Gasteiger partial charge is 0.493 e. The summed E-state index contributed by atoms with van der Waals surface area (Å²) in [7, 11) is 4.67. The zero-order valence-corrected chi connectivity index (χ0v) is 19.1. The predicted molar refractivity (Wildman–Crippen MR) is 115 cm³/mol. The summed E-state index contributed by atoms with van der Waals surface area (Å²) in [4.78, 5) is 27.4. The second-order valence-corrected chi connectivity index (χ2v) is 8.55. The van der Waals surface area contributed by atoms with Crippen LogP contribution in [0.5, 0.6) is 17.2 Å². The quantitative estimate of drug-likeness (QED) is 0.707. The molecule has 0 unspecified atom stereocenters. The molecule has 1 heterocycles. The van der Waals surface area contributed by atoms with Gasteiger partial charge in [-0.3, -0.25) is 4.79 Å². The van der Waals surface area contributed by atoms with Gasteiger partial charge >= 0.3 is 6.03 Å². The van der Waals surface area contributed by atoms with E-state index < -0.39 is 0 Å². The molecule has 1 aliphatic rings. The van der Waals surface area contributed by atoms with Crippen LogP contribution in [0.3, 0.4) is 0 Å². The smallest absolute Gasteiger partial charge is 0.317 e. The Morgan fingerprint density at radius 3 is 2.13 bits per heavy atom. The molecule has 30 heavy (non-hydrogen) atoms. The fraction of sp³-hybridized carbons (Fsp3) is 0.636. The number of carbonyl (C=O) groups excluding carboxylic acids is 2. The van der Waals surface area contributed by atoms with Crippen LogP contribution in [-0.4, -0.2) is 63.3 Å². The first-order valence-electron chi connectivity index (χ1n) is 10.3. The predicted octanol–water partition coefficient (Wildman–Crippen LogP) is 2.76. The Labute approximate surface area is 179 Å². The van der Waals surface area contributed by atoms with Gasteiger partial charge in [-0.25, -0.2) is 4.79 Å². The molecule has 3 amide bonds. The third-order valence-corrected chi connectivity index (χ3v) is 5.09. The highest BCUT2D eigenvalue weighted by Gasteiger charge is 2.41. The van der Waals surface area contributed by atoms with Gasteiger partial charge < -0.3 is 29.7 Å². The zero-order valence-electron chi connectivity index (χ0n) is 19.1. The highest BCUT2D eigenvalue weighted by molar-refractivity contribution is 5.83. The number of urea groups is 1. The monoisotopic (exact) mass is 421 g/mol. The standard InChI is InChI=1S/C22H35N3O5/c1-8-9-23-20(26)16-13-25(21(27)24-22(2,3)4)12-15(16)14-10-17(28-5)19(30-7)18(11-14)29-6/h10-11,15-16H,8-9,12-13H2,1-7H3,(H,23,26)(H,24,27)/t15-,16-/m1/s1. The second kappa shape index (κ2) is 9.91. The van der Waals surface area contributed by atoms with Crippen molar-refractivity contribution in [2.45, 2.75) is 45.6 Å². The molecule has 0 radical (unpaired) electrons. The summed E-state index contributed by atoms with van der Waals surface area (Å²) >= 11 is 0. The van der Waals surface area contributed by atoms with Gasteiger partial charge in [-0.15, -0.1) is 0 Å². The van der Waals surface area contributed by atoms with E-state index in [1.54, 1.807) is 26.2 Å². The van der Waals surface area contributed by atoms with Crippen LogP contribution in [0.25, 0.3) is 0 Å². The minimum Gasteiger partial charge on any atom is -0.493 e. The van der Waals surface area contributed by atoms with E-state index in [9.17, 15) is 9.59 Å². The maximum atomic E-state index is 12.9. The summed E-state index contributed by atoms with van der Waals surface area (Å²) in [6.07, 6.45) is 0.849. The van der Waals surface area contributed by atoms with Crippen molar-refractivity contribution < 1.29 is 23.8 Å². The van der Waals surface area contributed by atoms with Crippen LogP contribution in [0, 0.1) is 5.92 Å². The van der Waals surface area contributed by atoms with Gasteiger partial charge in [-0.1, -0.05) is 6.92 Å². The molecule has 1 aromatic carbocycles. The maximum absolute atomic E-state index is 12.9. The Hall–Kier alpha value is -2.64. The first kappa shape index (κ1) is 23.6. The fourth-order valence-electron chi connectivity index (χ4n) is 3.67. The molecule has 2 N–H and O–H groups in total. The van der Waals surface area contributed by atoms with Crippen molar-refractivity contribution in [3.05, 3.63) is 17.7 Å². The number of hydrogen-bond acceptors (Lipinski definition) is 5. The normalized spacial score (nSPS) is 18.7. The van der Waals surface area contributed by atoms with Gasteiger partial charge in [0.05, 0.1) is 27.2 Å². The molecule has 1 aliphatic heterocycles. The summed E-state index contributed by atoms with van der Waals surface area (Å²) in [6, 6.07) is 3.54. The van der Waals surface area contributed by atoms with Crippen molar-refractivity contribution >= 4 is 11.9 Å². The second-order valence-electron chi connectivity index (χ2n) is 8.55. The highest BCUT2D eigenvalue weighted by atomic mass is 16.5. The van der Waals surface area contributed by atoms with E-state index in [-0.39, 0.29) is 29.3 Å². The first-order valence-corrected chi connectivity index (χ1v) is 10.3. The Morgan fingerprint density at radius 2 is 1.67 bits per heavy atom. The molecular weight excluding hydrogens is 386 g/mol. The molecule has 1 saturated heterocycles. The number of nitrogens with one attached hydrogen (secondary N) is 2. The number of likely N-dealkylation sites (tertiary alicyclic amines) is 1. The lowest BCUT2D eigenvalue weighted by atomic mass is 9.88. The van der Waals surface area contributed by atoms with Gasteiger partial charge in [0.2, 0.25) is 11.7 Å². The molecule has 0 spiro atoms. The fourth-order valence-corrected chi connectivity index (χ4v) is 3.67. The molecule has 1 aromatic rings. The van der Waals surface area contributed by atoms with Crippen LogP contribution in [0.4, 0.5) is 4.79 Å². The molecule has 2 rings (SSSR count). The van der Waals surface area contributed by atoms with E-state index in [1.807, 2.05) is 39.8 Å². The van der Waals surface area contributed by atoms with E-state index in [0.29, 0.717) is 36.9 Å². The molecule has 0 aromatic heterocycles. The topological polar surface area (TPSA) is 89.1 Å². The van der Waals surface area contributed by atoms with E-state index >= 15 is 0 Å². The summed E-state index contributed by atoms with van der Waals surface area (Å²) in [5, 5.41) is 5.96. The maximum Gasteiger partial charge on any atom is 0.317 e. The number of amides is 3. The average molecular weight is 422 g/mol. The number of carbonyl (C=O) groups is 2. The van der Waals surface area contributed by atoms with Gasteiger partial charge in [-0.2, -0.15) is 0 Å². The molecule has 8 heteroatoms. The lowest BCUT2D eigenvalue weighted by Crippen LogP contribution is -2.48. The molecule has 0 aliphatic carbocycles. The van der Waals surface area contributed by atoms with Gasteiger partial charge in [0.25, 0.3) is 0 Å². The number of rotatable bonds is 7. The van der Waals surface area contributed by atoms with Crippen molar-refractivity contribution in [2.24, 2.45) is 5.92 Å². The molecule has 8 nitrogen and oxygen atoms in total. The van der Waals surface area contributed by atoms with Crippen LogP contribution in [0.1, 0.15) is 45.6 Å². The Bertz CT molecular complexity index is 735. The van der Waals surface area contributed by atoms with Gasteiger partial charge in [0.15, 0.2) is 11.5 Å². The SMILES string of the molecule is CCCNC(=O)[C@@H]1CN(C(=O)NC(C)(C)C)C[C@@H]1c1cc(OC)c(OC)c(OC)c1. The van der Waals surface area contributed by atoms with Crippen LogP contribution < -0.4 is 24.8 Å². The highest BCUT2D eigenvalue weighted by Crippen LogP contribution is 2.43. The lowest BCUT2D eigenvalue weighted by Gasteiger charge is -2.25. The van der Waals surface area contributed by atoms with E-state index in [1.165, 1.54) is 0 Å². The third-order valence-electron chi connectivity index (χ3n) is 5.09. The Kier molecular flexibility index (Phi) is 7.81. The van der Waals surface area contributed by atoms with E-state index in [4.69, 9.17) is 14.2 Å². The number of hydrogen-bond donors (Lipinski definition) is 2. The lowest BCUT2D eigenvalue weighted by molar-refractivity contribution is -0.124. The van der Waals surface area contributed by atoms with Gasteiger partial charge in [0, 0.05) is 31.1 Å². The Balaban J connectivity index is 2.40. The minimum atomic E-state index is -0.370. The number of methoxy groups -OCH3 is 3. The van der Waals surface area contributed by atoms with Crippen molar-refractivity contribution in [3.63, 3.8) is 0 Å². The van der Waals surface area contributed by atoms with Crippen LogP contribution in [0.15, 0.2) is 12.1 Å². The van der Waals surface area contributed by atoms with Crippen LogP contribution in [0.2, 0.25) is 0 Å². The molecule has 0 bridgehead atoms. The van der Waals surface area contributed by atoms with Crippen molar-refractivity contribution in [2.75, 3.05) is 41.0 Å². The van der Waals surface area contributed by atoms with Gasteiger partial charge in [-0.05, 0) is 44.9 Å². The molecule has 2 atom stereocenters. The first-order chi connectivity index (χ1) is 14.1. The molecule has 1 fully saturated rings. The molecular formula is C22H35N3O5. The van der Waals surface area contributed by atoms with Crippen molar-refractivity contribution in [1.29, 1.82) is 0 Å². The summed E-state index contributed by atoms with van der Waals surface area (Å²) in [5.74, 6) is 0.929. The third kappa shape index (κ3) is 5.49. The van der Waals surface area contributed by atoms with Crippen molar-refractivity contribution in [1.82, 2.24) is 15.5 Å². The van der Waals surface area contributed by atoms with Gasteiger partial charge in [0.1, 0.15) is 0 Å². The number of nitrogens with zero attached hydrogens (tertiary/aromatic N) is 1. The molecule has 168 valence electrons. The van der Waals surface area contributed by atoms with E-state index in [0.717, 1.165) is 12.0 Å². The molecule has 0 saturated carbocycles.